The highest BCUT2D eigenvalue weighted by molar-refractivity contribution is 9.10. The van der Waals surface area contributed by atoms with E-state index in [4.69, 9.17) is 5.11 Å². The average Bonchev–Trinajstić information content (AvgIpc) is 2.57. The summed E-state index contributed by atoms with van der Waals surface area (Å²) < 4.78 is 2.79. The molecule has 0 aliphatic carbocycles. The van der Waals surface area contributed by atoms with Crippen LogP contribution in [0.15, 0.2) is 28.9 Å². The lowest BCUT2D eigenvalue weighted by molar-refractivity contribution is 0.299. The van der Waals surface area contributed by atoms with Crippen LogP contribution in [0.4, 0.5) is 0 Å². The Balaban J connectivity index is 2.50. The molecule has 0 amide bonds. The first-order chi connectivity index (χ1) is 8.13. The minimum atomic E-state index is 0.138. The molecule has 17 heavy (non-hydrogen) atoms. The molecule has 4 heteroatoms. The van der Waals surface area contributed by atoms with Gasteiger partial charge in [0.2, 0.25) is 0 Å². The van der Waals surface area contributed by atoms with Crippen molar-refractivity contribution in [3.8, 4) is 5.69 Å². The van der Waals surface area contributed by atoms with Gasteiger partial charge in [0, 0.05) is 18.6 Å². The van der Waals surface area contributed by atoms with Crippen molar-refractivity contribution in [2.24, 2.45) is 0 Å². The lowest BCUT2D eigenvalue weighted by atomic mass is 10.2. The summed E-state index contributed by atoms with van der Waals surface area (Å²) in [6.07, 6.45) is 0.623. The molecular formula is C13H15BrN2O. The number of aliphatic hydroxyl groups is 1. The fourth-order valence-electron chi connectivity index (χ4n) is 1.86. The predicted molar refractivity (Wildman–Crippen MR) is 71.5 cm³/mol. The van der Waals surface area contributed by atoms with Crippen molar-refractivity contribution in [3.05, 3.63) is 45.7 Å². The summed E-state index contributed by atoms with van der Waals surface area (Å²) in [5.41, 5.74) is 4.25. The van der Waals surface area contributed by atoms with Crippen molar-refractivity contribution in [3.63, 3.8) is 0 Å². The maximum atomic E-state index is 9.03. The van der Waals surface area contributed by atoms with Gasteiger partial charge < -0.3 is 5.11 Å². The van der Waals surface area contributed by atoms with E-state index in [2.05, 4.69) is 40.1 Å². The highest BCUT2D eigenvalue weighted by atomic mass is 79.9. The molecular weight excluding hydrogens is 280 g/mol. The van der Waals surface area contributed by atoms with Gasteiger partial charge in [-0.2, -0.15) is 5.10 Å². The second-order valence-corrected chi connectivity index (χ2v) is 4.83. The molecule has 0 saturated heterocycles. The van der Waals surface area contributed by atoms with Crippen LogP contribution in [0.25, 0.3) is 5.69 Å². The number of aliphatic hydroxyl groups excluding tert-OH is 1. The largest absolute Gasteiger partial charge is 0.396 e. The molecule has 1 N–H and O–H groups in total. The van der Waals surface area contributed by atoms with E-state index < -0.39 is 0 Å². The van der Waals surface area contributed by atoms with Crippen LogP contribution >= 0.6 is 15.9 Å². The van der Waals surface area contributed by atoms with Gasteiger partial charge in [-0.25, -0.2) is 4.68 Å². The minimum Gasteiger partial charge on any atom is -0.396 e. The Labute approximate surface area is 109 Å². The topological polar surface area (TPSA) is 38.0 Å². The van der Waals surface area contributed by atoms with Gasteiger partial charge in [0.1, 0.15) is 4.60 Å². The van der Waals surface area contributed by atoms with Gasteiger partial charge in [0.15, 0.2) is 0 Å². The summed E-state index contributed by atoms with van der Waals surface area (Å²) in [7, 11) is 0. The first-order valence-corrected chi connectivity index (χ1v) is 6.34. The van der Waals surface area contributed by atoms with Gasteiger partial charge in [-0.05, 0) is 47.5 Å². The number of rotatable bonds is 3. The van der Waals surface area contributed by atoms with Crippen molar-refractivity contribution in [2.75, 3.05) is 6.61 Å². The van der Waals surface area contributed by atoms with Crippen molar-refractivity contribution in [1.29, 1.82) is 0 Å². The first-order valence-electron chi connectivity index (χ1n) is 5.55. The van der Waals surface area contributed by atoms with E-state index in [0.717, 1.165) is 21.5 Å². The molecule has 2 rings (SSSR count). The zero-order valence-electron chi connectivity index (χ0n) is 9.94. The average molecular weight is 295 g/mol. The van der Waals surface area contributed by atoms with Gasteiger partial charge in [-0.3, -0.25) is 0 Å². The second-order valence-electron chi connectivity index (χ2n) is 4.08. The van der Waals surface area contributed by atoms with E-state index in [1.807, 2.05) is 23.7 Å². The molecule has 1 aromatic carbocycles. The standard InChI is InChI=1S/C13H15BrN2O/c1-9-4-3-5-11(8-9)16-13(14)12(6-7-17)10(2)15-16/h3-5,8,17H,6-7H2,1-2H3. The molecule has 3 nitrogen and oxygen atoms in total. The highest BCUT2D eigenvalue weighted by Gasteiger charge is 2.13. The smallest absolute Gasteiger partial charge is 0.113 e. The molecule has 0 unspecified atom stereocenters. The third-order valence-corrected chi connectivity index (χ3v) is 3.54. The Hall–Kier alpha value is -1.13. The molecule has 0 atom stereocenters. The number of halogens is 1. The third-order valence-electron chi connectivity index (χ3n) is 2.73. The van der Waals surface area contributed by atoms with Gasteiger partial charge in [0.25, 0.3) is 0 Å². The Morgan fingerprint density at radius 1 is 1.35 bits per heavy atom. The fraction of sp³-hybridized carbons (Fsp3) is 0.308. The van der Waals surface area contributed by atoms with Crippen LogP contribution < -0.4 is 0 Å². The van der Waals surface area contributed by atoms with Crippen molar-refractivity contribution < 1.29 is 5.11 Å². The summed E-state index contributed by atoms with van der Waals surface area (Å²) >= 11 is 3.55. The fourth-order valence-corrected chi connectivity index (χ4v) is 2.63. The Kier molecular flexibility index (Phi) is 3.64. The molecule has 1 heterocycles. The van der Waals surface area contributed by atoms with Gasteiger partial charge in [0.05, 0.1) is 11.4 Å². The van der Waals surface area contributed by atoms with Crippen LogP contribution in [0, 0.1) is 13.8 Å². The summed E-state index contributed by atoms with van der Waals surface area (Å²) in [4.78, 5) is 0. The lowest BCUT2D eigenvalue weighted by Crippen LogP contribution is -1.97. The van der Waals surface area contributed by atoms with Gasteiger partial charge >= 0.3 is 0 Å². The Morgan fingerprint density at radius 2 is 2.12 bits per heavy atom. The van der Waals surface area contributed by atoms with Crippen LogP contribution in [-0.4, -0.2) is 21.5 Å². The molecule has 90 valence electrons. The van der Waals surface area contributed by atoms with E-state index in [0.29, 0.717) is 6.42 Å². The van der Waals surface area contributed by atoms with Crippen LogP contribution in [0.5, 0.6) is 0 Å². The summed E-state index contributed by atoms with van der Waals surface area (Å²) in [6, 6.07) is 8.18. The molecule has 0 spiro atoms. The molecule has 0 aliphatic heterocycles. The zero-order chi connectivity index (χ0) is 12.4. The number of aromatic nitrogens is 2. The number of hydrogen-bond donors (Lipinski definition) is 1. The summed E-state index contributed by atoms with van der Waals surface area (Å²) in [5.74, 6) is 0. The molecule has 0 saturated carbocycles. The number of nitrogens with zero attached hydrogens (tertiary/aromatic N) is 2. The highest BCUT2D eigenvalue weighted by Crippen LogP contribution is 2.24. The quantitative estimate of drug-likeness (QED) is 0.945. The normalized spacial score (nSPS) is 10.8. The number of aryl methyl sites for hydroxylation is 2. The molecule has 2 aromatic rings. The summed E-state index contributed by atoms with van der Waals surface area (Å²) in [5, 5.41) is 13.5. The van der Waals surface area contributed by atoms with Gasteiger partial charge in [-0.15, -0.1) is 0 Å². The Morgan fingerprint density at radius 3 is 2.76 bits per heavy atom. The Bertz CT molecular complexity index is 534. The van der Waals surface area contributed by atoms with Crippen LogP contribution in [0.1, 0.15) is 16.8 Å². The van der Waals surface area contributed by atoms with Gasteiger partial charge in [-0.1, -0.05) is 12.1 Å². The molecule has 0 radical (unpaired) electrons. The van der Waals surface area contributed by atoms with Crippen molar-refractivity contribution >= 4 is 15.9 Å². The van der Waals surface area contributed by atoms with E-state index in [9.17, 15) is 0 Å². The molecule has 0 bridgehead atoms. The lowest BCUT2D eigenvalue weighted by Gasteiger charge is -2.04. The second kappa shape index (κ2) is 5.02. The summed E-state index contributed by atoms with van der Waals surface area (Å²) in [6.45, 7) is 4.16. The number of hydrogen-bond acceptors (Lipinski definition) is 2. The van der Waals surface area contributed by atoms with Crippen LogP contribution in [0.2, 0.25) is 0 Å². The van der Waals surface area contributed by atoms with E-state index in [-0.39, 0.29) is 6.61 Å². The van der Waals surface area contributed by atoms with Crippen LogP contribution in [0.3, 0.4) is 0 Å². The van der Waals surface area contributed by atoms with E-state index in [1.165, 1.54) is 5.56 Å². The first kappa shape index (κ1) is 12.3. The zero-order valence-corrected chi connectivity index (χ0v) is 11.5. The van der Waals surface area contributed by atoms with E-state index in [1.54, 1.807) is 0 Å². The van der Waals surface area contributed by atoms with E-state index >= 15 is 0 Å². The molecule has 0 aliphatic rings. The number of benzene rings is 1. The molecule has 1 aromatic heterocycles. The predicted octanol–water partition coefficient (Wildman–Crippen LogP) is 2.79. The van der Waals surface area contributed by atoms with Crippen molar-refractivity contribution in [1.82, 2.24) is 9.78 Å². The third kappa shape index (κ3) is 2.42. The maximum Gasteiger partial charge on any atom is 0.113 e. The molecule has 0 fully saturated rings. The SMILES string of the molecule is Cc1cccc(-n2nc(C)c(CCO)c2Br)c1. The minimum absolute atomic E-state index is 0.138. The monoisotopic (exact) mass is 294 g/mol. The maximum absolute atomic E-state index is 9.03. The van der Waals surface area contributed by atoms with Crippen molar-refractivity contribution in [2.45, 2.75) is 20.3 Å². The van der Waals surface area contributed by atoms with Crippen LogP contribution in [-0.2, 0) is 6.42 Å².